The zero-order chi connectivity index (χ0) is 9.14. The summed E-state index contributed by atoms with van der Waals surface area (Å²) in [5, 5.41) is 9.40. The van der Waals surface area contributed by atoms with Gasteiger partial charge in [0, 0.05) is 11.0 Å². The third-order valence-electron chi connectivity index (χ3n) is 1.80. The van der Waals surface area contributed by atoms with E-state index in [0.717, 1.165) is 15.6 Å². The second-order valence-electron chi connectivity index (χ2n) is 2.76. The van der Waals surface area contributed by atoms with Crippen LogP contribution in [0.3, 0.4) is 0 Å². The highest BCUT2D eigenvalue weighted by Crippen LogP contribution is 2.21. The van der Waals surface area contributed by atoms with E-state index in [-0.39, 0.29) is 6.54 Å². The summed E-state index contributed by atoms with van der Waals surface area (Å²) in [4.78, 5) is 0. The number of rotatable bonds is 2. The lowest BCUT2D eigenvalue weighted by atomic mass is 10.1. The van der Waals surface area contributed by atoms with Gasteiger partial charge in [-0.15, -0.1) is 0 Å². The largest absolute Gasteiger partial charge is 0.387 e. The molecule has 1 aromatic rings. The van der Waals surface area contributed by atoms with Crippen molar-refractivity contribution in [2.75, 3.05) is 6.54 Å². The Morgan fingerprint density at radius 1 is 1.58 bits per heavy atom. The summed E-state index contributed by atoms with van der Waals surface area (Å²) in [6.45, 7) is 2.26. The van der Waals surface area contributed by atoms with E-state index in [1.807, 2.05) is 25.1 Å². The Morgan fingerprint density at radius 3 is 2.75 bits per heavy atom. The van der Waals surface area contributed by atoms with E-state index >= 15 is 0 Å². The number of benzene rings is 1. The fraction of sp³-hybridized carbons (Fsp3) is 0.333. The minimum Gasteiger partial charge on any atom is -0.387 e. The summed E-state index contributed by atoms with van der Waals surface area (Å²) in [6.07, 6.45) is -0.554. The summed E-state index contributed by atoms with van der Waals surface area (Å²) in [6, 6.07) is 5.74. The molecule has 1 atom stereocenters. The minimum atomic E-state index is -0.554. The molecule has 2 nitrogen and oxygen atoms in total. The maximum absolute atomic E-state index is 9.40. The van der Waals surface area contributed by atoms with Gasteiger partial charge in [-0.1, -0.05) is 28.1 Å². The highest BCUT2D eigenvalue weighted by atomic mass is 79.9. The molecule has 66 valence electrons. The van der Waals surface area contributed by atoms with Gasteiger partial charge in [0.2, 0.25) is 0 Å². The first-order valence-corrected chi connectivity index (χ1v) is 4.58. The van der Waals surface area contributed by atoms with Crippen LogP contribution in [0.2, 0.25) is 0 Å². The number of nitrogens with two attached hydrogens (primary N) is 1. The lowest BCUT2D eigenvalue weighted by molar-refractivity contribution is 0.186. The molecule has 0 saturated carbocycles. The minimum absolute atomic E-state index is 0.259. The average molecular weight is 230 g/mol. The number of aliphatic hydroxyl groups is 1. The molecule has 1 aromatic carbocycles. The molecular formula is C9H12BrNO. The van der Waals surface area contributed by atoms with Gasteiger partial charge in [-0.05, 0) is 24.1 Å². The SMILES string of the molecule is Cc1ccc([C@H](O)CN)cc1Br. The summed E-state index contributed by atoms with van der Waals surface area (Å²) in [5.74, 6) is 0. The van der Waals surface area contributed by atoms with E-state index in [1.165, 1.54) is 0 Å². The van der Waals surface area contributed by atoms with Gasteiger partial charge in [0.15, 0.2) is 0 Å². The quantitative estimate of drug-likeness (QED) is 0.812. The molecule has 0 aliphatic heterocycles. The van der Waals surface area contributed by atoms with E-state index in [4.69, 9.17) is 5.73 Å². The fourth-order valence-electron chi connectivity index (χ4n) is 0.952. The van der Waals surface area contributed by atoms with Gasteiger partial charge < -0.3 is 10.8 Å². The molecule has 0 heterocycles. The number of halogens is 1. The van der Waals surface area contributed by atoms with Gasteiger partial charge in [0.25, 0.3) is 0 Å². The molecule has 0 fully saturated rings. The Morgan fingerprint density at radius 2 is 2.25 bits per heavy atom. The zero-order valence-corrected chi connectivity index (χ0v) is 8.51. The molecule has 12 heavy (non-hydrogen) atoms. The summed E-state index contributed by atoms with van der Waals surface area (Å²) in [7, 11) is 0. The molecule has 0 spiro atoms. The van der Waals surface area contributed by atoms with Gasteiger partial charge in [0.1, 0.15) is 0 Å². The molecule has 0 unspecified atom stereocenters. The molecule has 3 heteroatoms. The van der Waals surface area contributed by atoms with E-state index < -0.39 is 6.10 Å². The monoisotopic (exact) mass is 229 g/mol. The van der Waals surface area contributed by atoms with E-state index in [9.17, 15) is 5.11 Å². The molecule has 0 saturated heterocycles. The van der Waals surface area contributed by atoms with Crippen LogP contribution in [0, 0.1) is 6.92 Å². The van der Waals surface area contributed by atoms with E-state index in [1.54, 1.807) is 0 Å². The van der Waals surface area contributed by atoms with Crippen LogP contribution in [0.25, 0.3) is 0 Å². The van der Waals surface area contributed by atoms with Crippen molar-refractivity contribution in [2.24, 2.45) is 5.73 Å². The van der Waals surface area contributed by atoms with Crippen molar-refractivity contribution in [1.29, 1.82) is 0 Å². The van der Waals surface area contributed by atoms with Gasteiger partial charge in [-0.25, -0.2) is 0 Å². The number of hydrogen-bond acceptors (Lipinski definition) is 2. The summed E-state index contributed by atoms with van der Waals surface area (Å²) in [5.41, 5.74) is 7.34. The summed E-state index contributed by atoms with van der Waals surface area (Å²) < 4.78 is 1.01. The molecule has 0 radical (unpaired) electrons. The topological polar surface area (TPSA) is 46.2 Å². The molecule has 0 bridgehead atoms. The first kappa shape index (κ1) is 9.71. The van der Waals surface area contributed by atoms with Crippen LogP contribution in [0.1, 0.15) is 17.2 Å². The van der Waals surface area contributed by atoms with Gasteiger partial charge in [-0.3, -0.25) is 0 Å². The van der Waals surface area contributed by atoms with Crippen LogP contribution >= 0.6 is 15.9 Å². The maximum Gasteiger partial charge on any atom is 0.0912 e. The number of aliphatic hydroxyl groups excluding tert-OH is 1. The van der Waals surface area contributed by atoms with E-state index in [2.05, 4.69) is 15.9 Å². The van der Waals surface area contributed by atoms with E-state index in [0.29, 0.717) is 0 Å². The van der Waals surface area contributed by atoms with Crippen molar-refractivity contribution in [1.82, 2.24) is 0 Å². The van der Waals surface area contributed by atoms with Gasteiger partial charge in [0.05, 0.1) is 6.10 Å². The van der Waals surface area contributed by atoms with Crippen molar-refractivity contribution in [3.8, 4) is 0 Å². The first-order chi connectivity index (χ1) is 5.65. The zero-order valence-electron chi connectivity index (χ0n) is 6.92. The van der Waals surface area contributed by atoms with Gasteiger partial charge >= 0.3 is 0 Å². The Bertz CT molecular complexity index is 275. The fourth-order valence-corrected chi connectivity index (χ4v) is 1.35. The molecule has 0 amide bonds. The second kappa shape index (κ2) is 4.03. The molecule has 0 aliphatic rings. The van der Waals surface area contributed by atoms with Gasteiger partial charge in [-0.2, -0.15) is 0 Å². The van der Waals surface area contributed by atoms with Crippen LogP contribution in [0.5, 0.6) is 0 Å². The van der Waals surface area contributed by atoms with Crippen LogP contribution < -0.4 is 5.73 Å². The van der Waals surface area contributed by atoms with Crippen molar-refractivity contribution in [2.45, 2.75) is 13.0 Å². The second-order valence-corrected chi connectivity index (χ2v) is 3.61. The normalized spacial score (nSPS) is 13.0. The standard InChI is InChI=1S/C9H12BrNO/c1-6-2-3-7(4-8(6)10)9(12)5-11/h2-4,9,12H,5,11H2,1H3/t9-/m1/s1. The Kier molecular flexibility index (Phi) is 3.26. The average Bonchev–Trinajstić information content (AvgIpc) is 2.08. The molecule has 3 N–H and O–H groups in total. The third-order valence-corrected chi connectivity index (χ3v) is 2.66. The maximum atomic E-state index is 9.40. The highest BCUT2D eigenvalue weighted by molar-refractivity contribution is 9.10. The highest BCUT2D eigenvalue weighted by Gasteiger charge is 2.05. The smallest absolute Gasteiger partial charge is 0.0912 e. The molecule has 1 rings (SSSR count). The molecule has 0 aromatic heterocycles. The lowest BCUT2D eigenvalue weighted by Crippen LogP contribution is -2.11. The van der Waals surface area contributed by atoms with Crippen LogP contribution in [0.4, 0.5) is 0 Å². The Labute approximate surface area is 80.5 Å². The van der Waals surface area contributed by atoms with Crippen LogP contribution in [-0.4, -0.2) is 11.7 Å². The molecule has 0 aliphatic carbocycles. The number of hydrogen-bond donors (Lipinski definition) is 2. The Hall–Kier alpha value is -0.380. The van der Waals surface area contributed by atoms with Crippen molar-refractivity contribution < 1.29 is 5.11 Å². The predicted molar refractivity (Wildman–Crippen MR) is 52.9 cm³/mol. The van der Waals surface area contributed by atoms with Crippen LogP contribution in [0.15, 0.2) is 22.7 Å². The summed E-state index contributed by atoms with van der Waals surface area (Å²) >= 11 is 3.39. The van der Waals surface area contributed by atoms with Crippen molar-refractivity contribution in [3.63, 3.8) is 0 Å². The van der Waals surface area contributed by atoms with Crippen molar-refractivity contribution in [3.05, 3.63) is 33.8 Å². The third kappa shape index (κ3) is 2.06. The predicted octanol–water partition coefficient (Wildman–Crippen LogP) is 1.75. The first-order valence-electron chi connectivity index (χ1n) is 3.79. The van der Waals surface area contributed by atoms with Crippen molar-refractivity contribution >= 4 is 15.9 Å². The number of aryl methyl sites for hydroxylation is 1. The Balaban J connectivity index is 2.96. The molecular weight excluding hydrogens is 218 g/mol. The lowest BCUT2D eigenvalue weighted by Gasteiger charge is -2.08. The van der Waals surface area contributed by atoms with Crippen LogP contribution in [-0.2, 0) is 0 Å².